The lowest BCUT2D eigenvalue weighted by Gasteiger charge is -2.20. The summed E-state index contributed by atoms with van der Waals surface area (Å²) in [4.78, 5) is 12.1. The SMILES string of the molecule is COc1cccc(CNC(=O)CC2CC3CCC2C3)c1. The van der Waals surface area contributed by atoms with Crippen LogP contribution in [0.25, 0.3) is 0 Å². The van der Waals surface area contributed by atoms with Crippen molar-refractivity contribution in [2.24, 2.45) is 17.8 Å². The van der Waals surface area contributed by atoms with Crippen LogP contribution in [0.15, 0.2) is 24.3 Å². The molecule has 0 heterocycles. The van der Waals surface area contributed by atoms with E-state index in [0.717, 1.165) is 23.1 Å². The molecule has 3 atom stereocenters. The fraction of sp³-hybridized carbons (Fsp3) is 0.588. The summed E-state index contributed by atoms with van der Waals surface area (Å²) in [6, 6.07) is 7.86. The number of nitrogens with one attached hydrogen (secondary N) is 1. The summed E-state index contributed by atoms with van der Waals surface area (Å²) in [6.07, 6.45) is 6.10. The summed E-state index contributed by atoms with van der Waals surface area (Å²) >= 11 is 0. The number of methoxy groups -OCH3 is 1. The van der Waals surface area contributed by atoms with Gasteiger partial charge in [-0.15, -0.1) is 0 Å². The molecule has 20 heavy (non-hydrogen) atoms. The van der Waals surface area contributed by atoms with Crippen LogP contribution in [0.5, 0.6) is 5.75 Å². The van der Waals surface area contributed by atoms with E-state index in [-0.39, 0.29) is 5.91 Å². The molecule has 1 N–H and O–H groups in total. The monoisotopic (exact) mass is 273 g/mol. The number of ether oxygens (including phenoxy) is 1. The highest BCUT2D eigenvalue weighted by Gasteiger charge is 2.39. The summed E-state index contributed by atoms with van der Waals surface area (Å²) in [7, 11) is 1.66. The average Bonchev–Trinajstić information content (AvgIpc) is 3.08. The van der Waals surface area contributed by atoms with Gasteiger partial charge in [-0.25, -0.2) is 0 Å². The maximum absolute atomic E-state index is 12.1. The highest BCUT2D eigenvalue weighted by atomic mass is 16.5. The lowest BCUT2D eigenvalue weighted by molar-refractivity contribution is -0.122. The average molecular weight is 273 g/mol. The van der Waals surface area contributed by atoms with E-state index in [0.29, 0.717) is 18.9 Å². The highest BCUT2D eigenvalue weighted by Crippen LogP contribution is 2.49. The molecule has 1 aromatic rings. The van der Waals surface area contributed by atoms with Gasteiger partial charge < -0.3 is 10.1 Å². The van der Waals surface area contributed by atoms with Gasteiger partial charge >= 0.3 is 0 Å². The van der Waals surface area contributed by atoms with Crippen LogP contribution in [0.3, 0.4) is 0 Å². The molecule has 2 bridgehead atoms. The number of fused-ring (bicyclic) bond motifs is 2. The Hall–Kier alpha value is -1.51. The molecule has 0 radical (unpaired) electrons. The van der Waals surface area contributed by atoms with Crippen LogP contribution in [-0.4, -0.2) is 13.0 Å². The van der Waals surface area contributed by atoms with Crippen molar-refractivity contribution >= 4 is 5.91 Å². The molecule has 0 spiro atoms. The molecular formula is C17H23NO2. The smallest absolute Gasteiger partial charge is 0.220 e. The van der Waals surface area contributed by atoms with Crippen molar-refractivity contribution in [2.75, 3.05) is 7.11 Å². The molecular weight excluding hydrogens is 250 g/mol. The number of hydrogen-bond acceptors (Lipinski definition) is 2. The second-order valence-electron chi connectivity index (χ2n) is 6.27. The normalized spacial score (nSPS) is 27.6. The zero-order valence-corrected chi connectivity index (χ0v) is 12.1. The van der Waals surface area contributed by atoms with Crippen LogP contribution in [0.1, 0.15) is 37.7 Å². The second-order valence-corrected chi connectivity index (χ2v) is 6.27. The molecule has 1 aromatic carbocycles. The fourth-order valence-corrected chi connectivity index (χ4v) is 3.92. The predicted octanol–water partition coefficient (Wildman–Crippen LogP) is 3.14. The summed E-state index contributed by atoms with van der Waals surface area (Å²) in [5.41, 5.74) is 1.09. The summed E-state index contributed by atoms with van der Waals surface area (Å²) < 4.78 is 5.19. The van der Waals surface area contributed by atoms with Gasteiger partial charge in [0.2, 0.25) is 5.91 Å². The van der Waals surface area contributed by atoms with Crippen LogP contribution in [0, 0.1) is 17.8 Å². The number of carbonyl (C=O) groups excluding carboxylic acids is 1. The second kappa shape index (κ2) is 5.86. The standard InChI is InChI=1S/C17H23NO2/c1-20-16-4-2-3-13(9-16)11-18-17(19)10-15-8-12-5-6-14(15)7-12/h2-4,9,12,14-15H,5-8,10-11H2,1H3,(H,18,19). The molecule has 2 fully saturated rings. The van der Waals surface area contributed by atoms with Gasteiger partial charge in [0, 0.05) is 13.0 Å². The lowest BCUT2D eigenvalue weighted by Crippen LogP contribution is -2.26. The van der Waals surface area contributed by atoms with Gasteiger partial charge in [-0.05, 0) is 54.7 Å². The van der Waals surface area contributed by atoms with E-state index in [1.54, 1.807) is 7.11 Å². The van der Waals surface area contributed by atoms with Crippen LogP contribution >= 0.6 is 0 Å². The van der Waals surface area contributed by atoms with Crippen LogP contribution < -0.4 is 10.1 Å². The Morgan fingerprint density at radius 2 is 2.25 bits per heavy atom. The molecule has 1 amide bonds. The number of hydrogen-bond donors (Lipinski definition) is 1. The van der Waals surface area contributed by atoms with E-state index in [4.69, 9.17) is 4.74 Å². The number of benzene rings is 1. The van der Waals surface area contributed by atoms with Gasteiger partial charge in [0.1, 0.15) is 5.75 Å². The highest BCUT2D eigenvalue weighted by molar-refractivity contribution is 5.76. The van der Waals surface area contributed by atoms with E-state index in [2.05, 4.69) is 5.32 Å². The number of amides is 1. The molecule has 3 heteroatoms. The Labute approximate surface area is 120 Å². The van der Waals surface area contributed by atoms with E-state index >= 15 is 0 Å². The quantitative estimate of drug-likeness (QED) is 0.895. The first-order valence-corrected chi connectivity index (χ1v) is 7.64. The van der Waals surface area contributed by atoms with Crippen LogP contribution in [-0.2, 0) is 11.3 Å². The van der Waals surface area contributed by atoms with Gasteiger partial charge in [-0.2, -0.15) is 0 Å². The van der Waals surface area contributed by atoms with Crippen molar-refractivity contribution < 1.29 is 9.53 Å². The number of rotatable bonds is 5. The van der Waals surface area contributed by atoms with Gasteiger partial charge in [-0.1, -0.05) is 18.6 Å². The van der Waals surface area contributed by atoms with Crippen molar-refractivity contribution in [2.45, 2.75) is 38.6 Å². The van der Waals surface area contributed by atoms with Crippen molar-refractivity contribution in [1.82, 2.24) is 5.32 Å². The minimum atomic E-state index is 0.199. The summed E-state index contributed by atoms with van der Waals surface area (Å²) in [5.74, 6) is 3.41. The van der Waals surface area contributed by atoms with Gasteiger partial charge in [0.25, 0.3) is 0 Å². The first kappa shape index (κ1) is 13.5. The zero-order valence-electron chi connectivity index (χ0n) is 12.1. The molecule has 108 valence electrons. The van der Waals surface area contributed by atoms with Crippen molar-refractivity contribution in [3.05, 3.63) is 29.8 Å². The largest absolute Gasteiger partial charge is 0.497 e. The van der Waals surface area contributed by atoms with E-state index < -0.39 is 0 Å². The molecule has 3 unspecified atom stereocenters. The van der Waals surface area contributed by atoms with Crippen molar-refractivity contribution in [3.8, 4) is 5.75 Å². The Morgan fingerprint density at radius 1 is 1.35 bits per heavy atom. The molecule has 3 rings (SSSR count). The Morgan fingerprint density at radius 3 is 2.95 bits per heavy atom. The van der Waals surface area contributed by atoms with Gasteiger partial charge in [0.15, 0.2) is 0 Å². The van der Waals surface area contributed by atoms with Crippen LogP contribution in [0.2, 0.25) is 0 Å². The van der Waals surface area contributed by atoms with Crippen LogP contribution in [0.4, 0.5) is 0 Å². The Balaban J connectivity index is 1.47. The lowest BCUT2D eigenvalue weighted by atomic mass is 9.86. The van der Waals surface area contributed by atoms with E-state index in [1.807, 2.05) is 24.3 Å². The Kier molecular flexibility index (Phi) is 3.95. The van der Waals surface area contributed by atoms with Crippen molar-refractivity contribution in [3.63, 3.8) is 0 Å². The molecule has 3 nitrogen and oxygen atoms in total. The molecule has 0 aliphatic heterocycles. The topological polar surface area (TPSA) is 38.3 Å². The zero-order chi connectivity index (χ0) is 13.9. The molecule has 2 saturated carbocycles. The fourth-order valence-electron chi connectivity index (χ4n) is 3.92. The van der Waals surface area contributed by atoms with Gasteiger partial charge in [-0.3, -0.25) is 4.79 Å². The first-order valence-electron chi connectivity index (χ1n) is 7.64. The maximum atomic E-state index is 12.1. The molecule has 2 aliphatic carbocycles. The summed E-state index contributed by atoms with van der Waals surface area (Å²) in [6.45, 7) is 0.594. The number of carbonyl (C=O) groups is 1. The van der Waals surface area contributed by atoms with Crippen molar-refractivity contribution in [1.29, 1.82) is 0 Å². The predicted molar refractivity (Wildman–Crippen MR) is 78.4 cm³/mol. The maximum Gasteiger partial charge on any atom is 0.220 e. The third-order valence-electron chi connectivity index (χ3n) is 4.96. The molecule has 0 saturated heterocycles. The Bertz CT molecular complexity index is 486. The summed E-state index contributed by atoms with van der Waals surface area (Å²) in [5, 5.41) is 3.04. The molecule has 2 aliphatic rings. The third kappa shape index (κ3) is 2.97. The van der Waals surface area contributed by atoms with E-state index in [9.17, 15) is 4.79 Å². The van der Waals surface area contributed by atoms with Gasteiger partial charge in [0.05, 0.1) is 7.11 Å². The first-order chi connectivity index (χ1) is 9.74. The third-order valence-corrected chi connectivity index (χ3v) is 4.96. The minimum absolute atomic E-state index is 0.199. The molecule has 0 aromatic heterocycles. The van der Waals surface area contributed by atoms with E-state index in [1.165, 1.54) is 25.7 Å². The minimum Gasteiger partial charge on any atom is -0.497 e.